The van der Waals surface area contributed by atoms with Crippen molar-refractivity contribution in [3.63, 3.8) is 0 Å². The molecule has 0 bridgehead atoms. The van der Waals surface area contributed by atoms with Crippen molar-refractivity contribution in [2.45, 2.75) is 37.4 Å². The Balaban J connectivity index is 2.42. The summed E-state index contributed by atoms with van der Waals surface area (Å²) in [6, 6.07) is 10.9. The highest BCUT2D eigenvalue weighted by Crippen LogP contribution is 2.63. The minimum absolute atomic E-state index is 0.336. The maximum absolute atomic E-state index is 3.78. The SMILES string of the molecule is CC(C)(C)C1(c2ccccc2)CC1Br. The lowest BCUT2D eigenvalue weighted by Crippen LogP contribution is -2.28. The van der Waals surface area contributed by atoms with Crippen LogP contribution < -0.4 is 0 Å². The van der Waals surface area contributed by atoms with E-state index in [0.29, 0.717) is 15.7 Å². The van der Waals surface area contributed by atoms with Crippen LogP contribution in [0.5, 0.6) is 0 Å². The molecule has 1 aliphatic rings. The van der Waals surface area contributed by atoms with E-state index < -0.39 is 0 Å². The molecule has 0 nitrogen and oxygen atoms in total. The molecule has 1 aliphatic carbocycles. The molecule has 1 aromatic carbocycles. The standard InChI is InChI=1S/C13H17Br/c1-12(2,3)13(9-11(13)14)10-7-5-4-6-8-10/h4-8,11H,9H2,1-3H3. The third kappa shape index (κ3) is 1.33. The summed E-state index contributed by atoms with van der Waals surface area (Å²) in [4.78, 5) is 0.650. The van der Waals surface area contributed by atoms with Gasteiger partial charge in [-0.25, -0.2) is 0 Å². The second-order valence-electron chi connectivity index (χ2n) is 5.26. The highest BCUT2D eigenvalue weighted by Gasteiger charge is 2.60. The van der Waals surface area contributed by atoms with E-state index in [4.69, 9.17) is 0 Å². The van der Waals surface area contributed by atoms with Gasteiger partial charge >= 0.3 is 0 Å². The van der Waals surface area contributed by atoms with Crippen molar-refractivity contribution < 1.29 is 0 Å². The van der Waals surface area contributed by atoms with Gasteiger partial charge in [0.2, 0.25) is 0 Å². The van der Waals surface area contributed by atoms with Crippen LogP contribution in [0.3, 0.4) is 0 Å². The van der Waals surface area contributed by atoms with Crippen LogP contribution in [0.2, 0.25) is 0 Å². The fourth-order valence-electron chi connectivity index (χ4n) is 2.47. The highest BCUT2D eigenvalue weighted by atomic mass is 79.9. The zero-order valence-electron chi connectivity index (χ0n) is 9.05. The number of alkyl halides is 1. The van der Waals surface area contributed by atoms with Crippen LogP contribution in [0.4, 0.5) is 0 Å². The van der Waals surface area contributed by atoms with Crippen LogP contribution >= 0.6 is 15.9 Å². The van der Waals surface area contributed by atoms with Crippen molar-refractivity contribution in [3.05, 3.63) is 35.9 Å². The molecule has 0 aromatic heterocycles. The van der Waals surface area contributed by atoms with Gasteiger partial charge in [-0.05, 0) is 17.4 Å². The van der Waals surface area contributed by atoms with Crippen molar-refractivity contribution in [3.8, 4) is 0 Å². The number of rotatable bonds is 1. The van der Waals surface area contributed by atoms with E-state index >= 15 is 0 Å². The molecule has 2 atom stereocenters. The lowest BCUT2D eigenvalue weighted by atomic mass is 9.73. The van der Waals surface area contributed by atoms with E-state index in [1.165, 1.54) is 12.0 Å². The van der Waals surface area contributed by atoms with Crippen molar-refractivity contribution >= 4 is 15.9 Å². The van der Waals surface area contributed by atoms with Crippen molar-refractivity contribution in [2.24, 2.45) is 5.41 Å². The van der Waals surface area contributed by atoms with Gasteiger partial charge in [-0.3, -0.25) is 0 Å². The Hall–Kier alpha value is -0.300. The van der Waals surface area contributed by atoms with E-state index in [2.05, 4.69) is 67.0 Å². The zero-order valence-corrected chi connectivity index (χ0v) is 10.6. The summed E-state index contributed by atoms with van der Waals surface area (Å²) in [6.07, 6.45) is 1.26. The summed E-state index contributed by atoms with van der Waals surface area (Å²) in [5.41, 5.74) is 2.17. The average Bonchev–Trinajstić information content (AvgIpc) is 2.79. The molecule has 76 valence electrons. The van der Waals surface area contributed by atoms with E-state index in [0.717, 1.165) is 0 Å². The summed E-state index contributed by atoms with van der Waals surface area (Å²) in [5.74, 6) is 0. The summed E-state index contributed by atoms with van der Waals surface area (Å²) >= 11 is 3.78. The molecule has 0 heterocycles. The first-order valence-corrected chi connectivity index (χ1v) is 6.10. The fourth-order valence-corrected chi connectivity index (χ4v) is 3.93. The topological polar surface area (TPSA) is 0 Å². The summed E-state index contributed by atoms with van der Waals surface area (Å²) in [5, 5.41) is 0. The number of benzene rings is 1. The Morgan fingerprint density at radius 2 is 1.71 bits per heavy atom. The molecule has 2 rings (SSSR count). The van der Waals surface area contributed by atoms with Gasteiger partial charge in [0.05, 0.1) is 0 Å². The van der Waals surface area contributed by atoms with Gasteiger partial charge < -0.3 is 0 Å². The minimum atomic E-state index is 0.336. The molecule has 0 saturated heterocycles. The largest absolute Gasteiger partial charge is 0.0880 e. The van der Waals surface area contributed by atoms with Crippen LogP contribution in [0, 0.1) is 5.41 Å². The Bertz CT molecular complexity index is 323. The lowest BCUT2D eigenvalue weighted by Gasteiger charge is -2.32. The van der Waals surface area contributed by atoms with Gasteiger partial charge in [0.15, 0.2) is 0 Å². The van der Waals surface area contributed by atoms with Gasteiger partial charge in [0.25, 0.3) is 0 Å². The second-order valence-corrected chi connectivity index (χ2v) is 6.36. The van der Waals surface area contributed by atoms with Gasteiger partial charge in [-0.2, -0.15) is 0 Å². The second kappa shape index (κ2) is 3.10. The highest BCUT2D eigenvalue weighted by molar-refractivity contribution is 9.09. The monoisotopic (exact) mass is 252 g/mol. The quantitative estimate of drug-likeness (QED) is 0.660. The van der Waals surface area contributed by atoms with E-state index in [-0.39, 0.29) is 0 Å². The molecule has 1 heteroatoms. The number of halogens is 1. The molecule has 14 heavy (non-hydrogen) atoms. The maximum Gasteiger partial charge on any atom is 0.0257 e. The summed E-state index contributed by atoms with van der Waals surface area (Å²) in [7, 11) is 0. The third-order valence-corrected chi connectivity index (χ3v) is 4.61. The average molecular weight is 253 g/mol. The van der Waals surface area contributed by atoms with Crippen LogP contribution in [0.1, 0.15) is 32.8 Å². The van der Waals surface area contributed by atoms with E-state index in [1.807, 2.05) is 0 Å². The molecule has 0 aliphatic heterocycles. The molecule has 0 radical (unpaired) electrons. The Morgan fingerprint density at radius 3 is 2.07 bits per heavy atom. The first-order chi connectivity index (χ1) is 6.48. The molecule has 0 spiro atoms. The number of hydrogen-bond donors (Lipinski definition) is 0. The van der Waals surface area contributed by atoms with Crippen molar-refractivity contribution in [1.82, 2.24) is 0 Å². The number of hydrogen-bond acceptors (Lipinski definition) is 0. The Kier molecular flexibility index (Phi) is 2.26. The van der Waals surface area contributed by atoms with Gasteiger partial charge in [0, 0.05) is 10.2 Å². The third-order valence-electron chi connectivity index (χ3n) is 3.50. The summed E-state index contributed by atoms with van der Waals surface area (Å²) < 4.78 is 0. The fraction of sp³-hybridized carbons (Fsp3) is 0.538. The molecular formula is C13H17Br. The molecule has 0 amide bonds. The molecule has 2 unspecified atom stereocenters. The Morgan fingerprint density at radius 1 is 1.21 bits per heavy atom. The maximum atomic E-state index is 3.78. The molecule has 1 saturated carbocycles. The van der Waals surface area contributed by atoms with Crippen LogP contribution in [-0.4, -0.2) is 4.83 Å². The first-order valence-electron chi connectivity index (χ1n) is 5.18. The normalized spacial score (nSPS) is 31.6. The lowest BCUT2D eigenvalue weighted by molar-refractivity contribution is 0.301. The summed E-state index contributed by atoms with van der Waals surface area (Å²) in [6.45, 7) is 7.00. The van der Waals surface area contributed by atoms with Crippen LogP contribution in [0.15, 0.2) is 30.3 Å². The van der Waals surface area contributed by atoms with Crippen LogP contribution in [0.25, 0.3) is 0 Å². The molecular weight excluding hydrogens is 236 g/mol. The van der Waals surface area contributed by atoms with Gasteiger partial charge in [-0.1, -0.05) is 67.0 Å². The van der Waals surface area contributed by atoms with Gasteiger partial charge in [0.1, 0.15) is 0 Å². The van der Waals surface area contributed by atoms with Crippen molar-refractivity contribution in [2.75, 3.05) is 0 Å². The Labute approximate surface area is 94.8 Å². The predicted octanol–water partition coefficient (Wildman–Crippen LogP) is 4.14. The van der Waals surface area contributed by atoms with Gasteiger partial charge in [-0.15, -0.1) is 0 Å². The minimum Gasteiger partial charge on any atom is -0.0880 e. The molecule has 1 fully saturated rings. The van der Waals surface area contributed by atoms with Crippen molar-refractivity contribution in [1.29, 1.82) is 0 Å². The van der Waals surface area contributed by atoms with Crippen LogP contribution in [-0.2, 0) is 5.41 Å². The smallest absolute Gasteiger partial charge is 0.0257 e. The van der Waals surface area contributed by atoms with E-state index in [1.54, 1.807) is 0 Å². The molecule has 1 aromatic rings. The van der Waals surface area contributed by atoms with E-state index in [9.17, 15) is 0 Å². The molecule has 0 N–H and O–H groups in total. The zero-order chi connectivity index (χ0) is 10.4. The first kappa shape index (κ1) is 10.2. The predicted molar refractivity (Wildman–Crippen MR) is 64.9 cm³/mol.